The summed E-state index contributed by atoms with van der Waals surface area (Å²) in [6.45, 7) is 12.8. The number of anilines is 1. The Kier molecular flexibility index (Phi) is 6.79. The summed E-state index contributed by atoms with van der Waals surface area (Å²) in [6.07, 6.45) is -4.10. The van der Waals surface area contributed by atoms with Crippen molar-refractivity contribution in [2.45, 2.75) is 71.7 Å². The number of ether oxygens (including phenoxy) is 1. The average molecular weight is 441 g/mol. The minimum atomic E-state index is -4.73. The molecule has 7 nitrogen and oxygen atoms in total. The molecule has 1 aromatic rings. The van der Waals surface area contributed by atoms with Crippen LogP contribution in [-0.4, -0.2) is 52.2 Å². The van der Waals surface area contributed by atoms with E-state index in [4.69, 9.17) is 4.74 Å². The predicted octanol–water partition coefficient (Wildman–Crippen LogP) is 4.38. The molecule has 31 heavy (non-hydrogen) atoms. The van der Waals surface area contributed by atoms with Gasteiger partial charge in [0.2, 0.25) is 5.95 Å². The number of amides is 1. The summed E-state index contributed by atoms with van der Waals surface area (Å²) >= 11 is 0. The van der Waals surface area contributed by atoms with Crippen molar-refractivity contribution in [1.82, 2.24) is 14.9 Å². The lowest BCUT2D eigenvalue weighted by molar-refractivity contribution is -0.142. The molecule has 0 aromatic carbocycles. The molecule has 1 aliphatic rings. The quantitative estimate of drug-likeness (QED) is 0.692. The zero-order chi connectivity index (χ0) is 23.8. The van der Waals surface area contributed by atoms with Gasteiger partial charge in [-0.05, 0) is 40.5 Å². The van der Waals surface area contributed by atoms with Gasteiger partial charge in [-0.2, -0.15) is 18.4 Å². The van der Waals surface area contributed by atoms with Gasteiger partial charge in [0.25, 0.3) is 0 Å². The highest BCUT2D eigenvalue weighted by atomic mass is 19.4. The van der Waals surface area contributed by atoms with Gasteiger partial charge in [-0.15, -0.1) is 0 Å². The molecule has 0 aliphatic carbocycles. The molecular formula is C21H30F3N5O2. The second kappa shape index (κ2) is 8.52. The third-order valence-electron chi connectivity index (χ3n) is 5.09. The molecule has 1 aromatic heterocycles. The van der Waals surface area contributed by atoms with E-state index in [0.717, 1.165) is 6.20 Å². The van der Waals surface area contributed by atoms with E-state index in [9.17, 15) is 23.2 Å². The number of carbonyl (C=O) groups is 1. The highest BCUT2D eigenvalue weighted by Gasteiger charge is 2.42. The third-order valence-corrected chi connectivity index (χ3v) is 5.09. The van der Waals surface area contributed by atoms with Crippen LogP contribution in [0.4, 0.5) is 23.9 Å². The fourth-order valence-electron chi connectivity index (χ4n) is 3.37. The van der Waals surface area contributed by atoms with Gasteiger partial charge in [-0.25, -0.2) is 14.8 Å². The molecule has 1 aliphatic heterocycles. The minimum absolute atomic E-state index is 0.0124. The molecule has 0 unspecified atom stereocenters. The molecule has 0 radical (unpaired) electrons. The number of aromatic nitrogens is 2. The monoisotopic (exact) mass is 441 g/mol. The number of halogens is 3. The van der Waals surface area contributed by atoms with Crippen LogP contribution in [0.2, 0.25) is 0 Å². The molecule has 0 bridgehead atoms. The summed E-state index contributed by atoms with van der Waals surface area (Å²) in [5.74, 6) is -0.0502. The topological polar surface area (TPSA) is 82.4 Å². The van der Waals surface area contributed by atoms with E-state index in [0.29, 0.717) is 0 Å². The summed E-state index contributed by atoms with van der Waals surface area (Å²) in [7, 11) is 0. The summed E-state index contributed by atoms with van der Waals surface area (Å²) in [5.41, 5.74) is -3.41. The summed E-state index contributed by atoms with van der Waals surface area (Å²) in [4.78, 5) is 23.8. The van der Waals surface area contributed by atoms with Crippen LogP contribution in [0.25, 0.3) is 0 Å². The highest BCUT2D eigenvalue weighted by molar-refractivity contribution is 5.68. The average Bonchev–Trinajstić information content (AvgIpc) is 2.65. The molecule has 0 spiro atoms. The molecule has 0 saturated carbocycles. The lowest BCUT2D eigenvalue weighted by Crippen LogP contribution is -2.58. The van der Waals surface area contributed by atoms with E-state index >= 15 is 0 Å². The molecule has 1 amide bonds. The van der Waals surface area contributed by atoms with Crippen molar-refractivity contribution in [2.75, 3.05) is 24.5 Å². The number of rotatable bonds is 3. The second-order valence-corrected chi connectivity index (χ2v) is 9.60. The molecular weight excluding hydrogens is 411 g/mol. The van der Waals surface area contributed by atoms with Crippen molar-refractivity contribution in [3.8, 4) is 6.07 Å². The van der Waals surface area contributed by atoms with E-state index in [-0.39, 0.29) is 43.1 Å². The first kappa shape index (κ1) is 24.7. The van der Waals surface area contributed by atoms with E-state index in [1.54, 1.807) is 30.6 Å². The molecule has 2 rings (SSSR count). The van der Waals surface area contributed by atoms with Crippen molar-refractivity contribution in [3.63, 3.8) is 0 Å². The Bertz CT molecular complexity index is 856. The van der Waals surface area contributed by atoms with E-state index in [2.05, 4.69) is 9.97 Å². The normalized spacial score (nSPS) is 18.2. The van der Waals surface area contributed by atoms with Crippen molar-refractivity contribution >= 4 is 12.0 Å². The van der Waals surface area contributed by atoms with Gasteiger partial charge in [-0.3, -0.25) is 0 Å². The first-order chi connectivity index (χ1) is 14.1. The zero-order valence-corrected chi connectivity index (χ0v) is 19.0. The summed E-state index contributed by atoms with van der Waals surface area (Å²) in [5, 5.41) is 9.30. The number of nitriles is 1. The fraction of sp³-hybridized carbons (Fsp3) is 0.714. The van der Waals surface area contributed by atoms with E-state index < -0.39 is 29.0 Å². The molecule has 1 fully saturated rings. The van der Waals surface area contributed by atoms with Gasteiger partial charge in [-0.1, -0.05) is 13.8 Å². The third kappa shape index (κ3) is 5.77. The van der Waals surface area contributed by atoms with Gasteiger partial charge in [0.05, 0.1) is 17.5 Å². The minimum Gasteiger partial charge on any atom is -0.444 e. The van der Waals surface area contributed by atoms with Gasteiger partial charge < -0.3 is 14.5 Å². The molecule has 172 valence electrons. The van der Waals surface area contributed by atoms with Gasteiger partial charge in [0.15, 0.2) is 5.69 Å². The smallest absolute Gasteiger partial charge is 0.433 e. The molecule has 1 saturated heterocycles. The summed E-state index contributed by atoms with van der Waals surface area (Å²) < 4.78 is 46.7. The summed E-state index contributed by atoms with van der Waals surface area (Å²) in [6, 6.07) is 1.59. The van der Waals surface area contributed by atoms with Crippen LogP contribution < -0.4 is 4.90 Å². The van der Waals surface area contributed by atoms with E-state index in [1.807, 2.05) is 19.9 Å². The number of carbonyl (C=O) groups excluding carboxylic acids is 1. The van der Waals surface area contributed by atoms with Crippen LogP contribution in [0.1, 0.15) is 59.7 Å². The van der Waals surface area contributed by atoms with Crippen LogP contribution in [-0.2, 0) is 16.3 Å². The van der Waals surface area contributed by atoms with Crippen LogP contribution in [0.3, 0.4) is 0 Å². The van der Waals surface area contributed by atoms with Crippen LogP contribution >= 0.6 is 0 Å². The molecule has 0 N–H and O–H groups in total. The maximum Gasteiger partial charge on any atom is 0.433 e. The molecule has 1 atom stereocenters. The Balaban J connectivity index is 2.39. The Hall–Kier alpha value is -2.57. The van der Waals surface area contributed by atoms with Crippen LogP contribution in [0.15, 0.2) is 6.20 Å². The van der Waals surface area contributed by atoms with E-state index in [1.165, 1.54) is 13.8 Å². The maximum absolute atomic E-state index is 13.8. The number of alkyl halides is 3. The SMILES string of the molecule is CC(C)[C@@H]1CN(C(=O)OC(C)(C)C)CCN1c1ncc(C(C)(C)C#N)c(C(F)(F)F)n1. The van der Waals surface area contributed by atoms with Crippen LogP contribution in [0.5, 0.6) is 0 Å². The van der Waals surface area contributed by atoms with Crippen molar-refractivity contribution in [3.05, 3.63) is 17.5 Å². The largest absolute Gasteiger partial charge is 0.444 e. The number of piperazine rings is 1. The molecule has 2 heterocycles. The van der Waals surface area contributed by atoms with Crippen LogP contribution in [0, 0.1) is 17.2 Å². The first-order valence-corrected chi connectivity index (χ1v) is 10.2. The number of hydrogen-bond acceptors (Lipinski definition) is 6. The fourth-order valence-corrected chi connectivity index (χ4v) is 3.37. The van der Waals surface area contributed by atoms with Crippen molar-refractivity contribution < 1.29 is 22.7 Å². The Labute approximate surface area is 181 Å². The predicted molar refractivity (Wildman–Crippen MR) is 109 cm³/mol. The van der Waals surface area contributed by atoms with Crippen molar-refractivity contribution in [2.24, 2.45) is 5.92 Å². The Morgan fingerprint density at radius 1 is 1.23 bits per heavy atom. The van der Waals surface area contributed by atoms with Gasteiger partial charge >= 0.3 is 12.3 Å². The van der Waals surface area contributed by atoms with Gasteiger partial charge in [0.1, 0.15) is 5.60 Å². The number of hydrogen-bond donors (Lipinski definition) is 0. The number of nitrogens with zero attached hydrogens (tertiary/aromatic N) is 5. The first-order valence-electron chi connectivity index (χ1n) is 10.2. The zero-order valence-electron chi connectivity index (χ0n) is 19.0. The lowest BCUT2D eigenvalue weighted by atomic mass is 9.86. The Morgan fingerprint density at radius 2 is 1.84 bits per heavy atom. The lowest BCUT2D eigenvalue weighted by Gasteiger charge is -2.43. The standard InChI is InChI=1S/C21H30F3N5O2/c1-13(2)15-11-28(18(30)31-19(3,4)5)8-9-29(15)17-26-10-14(20(6,7)12-25)16(27-17)21(22,23)24/h10,13,15H,8-9,11H2,1-7H3/t15-/m0/s1. The van der Waals surface area contributed by atoms with Gasteiger partial charge in [0, 0.05) is 31.4 Å². The van der Waals surface area contributed by atoms with Crippen molar-refractivity contribution in [1.29, 1.82) is 5.26 Å². The second-order valence-electron chi connectivity index (χ2n) is 9.60. The molecule has 10 heteroatoms. The Morgan fingerprint density at radius 3 is 2.32 bits per heavy atom. The maximum atomic E-state index is 13.8. The highest BCUT2D eigenvalue weighted by Crippen LogP contribution is 2.37.